The Labute approximate surface area is 320 Å². The van der Waals surface area contributed by atoms with Crippen molar-refractivity contribution in [2.24, 2.45) is 0 Å². The number of hydrogen-bond donors (Lipinski definition) is 0. The van der Waals surface area contributed by atoms with Gasteiger partial charge in [-0.05, 0) is 94.2 Å². The lowest BCUT2D eigenvalue weighted by Crippen LogP contribution is -2.13. The zero-order valence-electron chi connectivity index (χ0n) is 30.1. The second-order valence-corrected chi connectivity index (χ2v) is 13.7. The lowest BCUT2D eigenvalue weighted by atomic mass is 9.99. The van der Waals surface area contributed by atoms with Crippen molar-refractivity contribution in [2.45, 2.75) is 0 Å². The molecule has 0 spiro atoms. The van der Waals surface area contributed by atoms with Gasteiger partial charge in [0.05, 0.1) is 22.4 Å². The number of furan rings is 1. The Morgan fingerprint density at radius 2 is 0.855 bits per heavy atom. The molecule has 10 aromatic rings. The van der Waals surface area contributed by atoms with Crippen molar-refractivity contribution in [1.29, 1.82) is 0 Å². The standard InChI is InChI=1S/C52H36N2O/c1-5-18-37(19-6-1)39-24-17-29-44(34-39)54(47-31-16-15-30-45(47)38-20-7-2-8-21-38)49-33-32-48(53(42-25-9-3-10-26-42)43-27-11-4-12-28-43)51-46-35-40-22-13-14-23-41(40)36-50(46)55-52(49)51/h1-36H. The Balaban J connectivity index is 1.31. The lowest BCUT2D eigenvalue weighted by Gasteiger charge is -2.30. The summed E-state index contributed by atoms with van der Waals surface area (Å²) >= 11 is 0. The van der Waals surface area contributed by atoms with Crippen molar-refractivity contribution in [3.8, 4) is 22.3 Å². The quantitative estimate of drug-likeness (QED) is 0.157. The van der Waals surface area contributed by atoms with E-state index in [-0.39, 0.29) is 0 Å². The Hall–Kier alpha value is -7.36. The first kappa shape index (κ1) is 32.3. The van der Waals surface area contributed by atoms with Crippen LogP contribution >= 0.6 is 0 Å². The zero-order valence-corrected chi connectivity index (χ0v) is 30.1. The number of anilines is 6. The molecule has 0 N–H and O–H groups in total. The molecule has 0 aliphatic carbocycles. The third kappa shape index (κ3) is 5.89. The van der Waals surface area contributed by atoms with Crippen LogP contribution in [0.15, 0.2) is 223 Å². The highest BCUT2D eigenvalue weighted by atomic mass is 16.3. The fourth-order valence-corrected chi connectivity index (χ4v) is 7.87. The molecule has 0 bridgehead atoms. The summed E-state index contributed by atoms with van der Waals surface area (Å²) in [5.74, 6) is 0. The molecule has 3 heteroatoms. The van der Waals surface area contributed by atoms with Crippen molar-refractivity contribution < 1.29 is 4.42 Å². The van der Waals surface area contributed by atoms with Gasteiger partial charge >= 0.3 is 0 Å². The van der Waals surface area contributed by atoms with E-state index >= 15 is 0 Å². The summed E-state index contributed by atoms with van der Waals surface area (Å²) in [6.07, 6.45) is 0. The lowest BCUT2D eigenvalue weighted by molar-refractivity contribution is 0.669. The highest BCUT2D eigenvalue weighted by Gasteiger charge is 2.26. The average Bonchev–Trinajstić information content (AvgIpc) is 3.64. The second kappa shape index (κ2) is 13.9. The summed E-state index contributed by atoms with van der Waals surface area (Å²) in [5.41, 5.74) is 12.5. The molecule has 0 saturated carbocycles. The first-order valence-electron chi connectivity index (χ1n) is 18.7. The molecule has 0 fully saturated rings. The van der Waals surface area contributed by atoms with Crippen molar-refractivity contribution in [3.05, 3.63) is 218 Å². The van der Waals surface area contributed by atoms with Crippen molar-refractivity contribution >= 4 is 66.8 Å². The van der Waals surface area contributed by atoms with E-state index in [1.807, 2.05) is 0 Å². The molecular weight excluding hydrogens is 669 g/mol. The fraction of sp³-hybridized carbons (Fsp3) is 0. The molecule has 0 aliphatic heterocycles. The number of nitrogens with zero attached hydrogens (tertiary/aromatic N) is 2. The molecule has 9 aromatic carbocycles. The molecule has 0 radical (unpaired) electrons. The molecule has 0 amide bonds. The third-order valence-electron chi connectivity index (χ3n) is 10.4. The fourth-order valence-electron chi connectivity index (χ4n) is 7.87. The van der Waals surface area contributed by atoms with E-state index in [1.165, 1.54) is 5.39 Å². The molecule has 3 nitrogen and oxygen atoms in total. The van der Waals surface area contributed by atoms with Crippen LogP contribution in [0.2, 0.25) is 0 Å². The molecule has 55 heavy (non-hydrogen) atoms. The number of hydrogen-bond acceptors (Lipinski definition) is 3. The molecule has 0 unspecified atom stereocenters. The normalized spacial score (nSPS) is 11.3. The first-order valence-corrected chi connectivity index (χ1v) is 18.7. The van der Waals surface area contributed by atoms with E-state index in [4.69, 9.17) is 4.42 Å². The van der Waals surface area contributed by atoms with Crippen molar-refractivity contribution in [1.82, 2.24) is 0 Å². The van der Waals surface area contributed by atoms with Gasteiger partial charge < -0.3 is 14.2 Å². The largest absolute Gasteiger partial charge is 0.454 e. The van der Waals surface area contributed by atoms with Gasteiger partial charge in [0.1, 0.15) is 5.58 Å². The topological polar surface area (TPSA) is 19.6 Å². The highest BCUT2D eigenvalue weighted by Crippen LogP contribution is 2.50. The number of benzene rings is 9. The SMILES string of the molecule is c1ccc(-c2cccc(N(c3ccccc3-c3ccccc3)c3ccc(N(c4ccccc4)c4ccccc4)c4c3oc3cc5ccccc5cc34)c2)cc1. The summed E-state index contributed by atoms with van der Waals surface area (Å²) in [5, 5.41) is 4.42. The van der Waals surface area contributed by atoms with Crippen LogP contribution in [0.5, 0.6) is 0 Å². The van der Waals surface area contributed by atoms with Gasteiger partial charge in [0.15, 0.2) is 5.58 Å². The molecule has 1 heterocycles. The minimum absolute atomic E-state index is 0.813. The maximum Gasteiger partial charge on any atom is 0.161 e. The van der Waals surface area contributed by atoms with Crippen LogP contribution in [-0.4, -0.2) is 0 Å². The van der Waals surface area contributed by atoms with E-state index in [2.05, 4.69) is 228 Å². The monoisotopic (exact) mass is 704 g/mol. The molecule has 10 rings (SSSR count). The summed E-state index contributed by atoms with van der Waals surface area (Å²) in [7, 11) is 0. The van der Waals surface area contributed by atoms with Crippen molar-refractivity contribution in [3.63, 3.8) is 0 Å². The molecule has 1 aromatic heterocycles. The first-order chi connectivity index (χ1) is 27.3. The van der Waals surface area contributed by atoms with Gasteiger partial charge in [-0.25, -0.2) is 0 Å². The van der Waals surface area contributed by atoms with E-state index in [0.717, 1.165) is 83.7 Å². The van der Waals surface area contributed by atoms with E-state index < -0.39 is 0 Å². The summed E-state index contributed by atoms with van der Waals surface area (Å²) in [6.45, 7) is 0. The second-order valence-electron chi connectivity index (χ2n) is 13.7. The Morgan fingerprint density at radius 3 is 1.55 bits per heavy atom. The van der Waals surface area contributed by atoms with Gasteiger partial charge in [-0.3, -0.25) is 0 Å². The molecule has 260 valence electrons. The molecule has 0 atom stereocenters. The number of para-hydroxylation sites is 3. The summed E-state index contributed by atoms with van der Waals surface area (Å²) < 4.78 is 7.17. The smallest absolute Gasteiger partial charge is 0.161 e. The summed E-state index contributed by atoms with van der Waals surface area (Å²) in [6, 6.07) is 77.4. The van der Waals surface area contributed by atoms with Crippen LogP contribution in [0.3, 0.4) is 0 Å². The third-order valence-corrected chi connectivity index (χ3v) is 10.4. The Kier molecular flexibility index (Phi) is 8.16. The van der Waals surface area contributed by atoms with Gasteiger partial charge in [0.25, 0.3) is 0 Å². The van der Waals surface area contributed by atoms with Crippen LogP contribution in [0.1, 0.15) is 0 Å². The predicted octanol–water partition coefficient (Wildman–Crippen LogP) is 15.0. The van der Waals surface area contributed by atoms with Gasteiger partial charge in [-0.2, -0.15) is 0 Å². The molecule has 0 aliphatic rings. The Bertz CT molecular complexity index is 2880. The van der Waals surface area contributed by atoms with Gasteiger partial charge in [-0.1, -0.05) is 152 Å². The minimum atomic E-state index is 0.813. The minimum Gasteiger partial charge on any atom is -0.454 e. The number of rotatable bonds is 8. The predicted molar refractivity (Wildman–Crippen MR) is 231 cm³/mol. The maximum absolute atomic E-state index is 7.17. The summed E-state index contributed by atoms with van der Waals surface area (Å²) in [4.78, 5) is 4.72. The van der Waals surface area contributed by atoms with Crippen molar-refractivity contribution in [2.75, 3.05) is 9.80 Å². The van der Waals surface area contributed by atoms with E-state index in [9.17, 15) is 0 Å². The molecular formula is C52H36N2O. The zero-order chi connectivity index (χ0) is 36.6. The van der Waals surface area contributed by atoms with Crippen LogP contribution in [0.25, 0.3) is 55.0 Å². The maximum atomic E-state index is 7.17. The van der Waals surface area contributed by atoms with Crippen LogP contribution in [-0.2, 0) is 0 Å². The van der Waals surface area contributed by atoms with Crippen LogP contribution in [0.4, 0.5) is 34.1 Å². The van der Waals surface area contributed by atoms with Crippen LogP contribution < -0.4 is 9.80 Å². The van der Waals surface area contributed by atoms with Crippen LogP contribution in [0, 0.1) is 0 Å². The van der Waals surface area contributed by atoms with E-state index in [0.29, 0.717) is 0 Å². The average molecular weight is 705 g/mol. The van der Waals surface area contributed by atoms with E-state index in [1.54, 1.807) is 0 Å². The Morgan fingerprint density at radius 1 is 0.327 bits per heavy atom. The number of fused-ring (bicyclic) bond motifs is 4. The van der Waals surface area contributed by atoms with Gasteiger partial charge in [-0.15, -0.1) is 0 Å². The van der Waals surface area contributed by atoms with Gasteiger partial charge in [0.2, 0.25) is 0 Å². The van der Waals surface area contributed by atoms with Gasteiger partial charge in [0, 0.05) is 28.0 Å². The highest BCUT2D eigenvalue weighted by molar-refractivity contribution is 6.20. The molecule has 0 saturated heterocycles.